The highest BCUT2D eigenvalue weighted by atomic mass is 127. The van der Waals surface area contributed by atoms with Gasteiger partial charge in [0.1, 0.15) is 4.21 Å². The molecule has 0 spiro atoms. The Morgan fingerprint density at radius 2 is 2.05 bits per heavy atom. The molecule has 1 atom stereocenters. The van der Waals surface area contributed by atoms with E-state index in [4.69, 9.17) is 0 Å². The number of anilines is 1. The molecule has 22 heavy (non-hydrogen) atoms. The lowest BCUT2D eigenvalue weighted by Crippen LogP contribution is -2.41. The SMILES string of the molecule is Cc1cc(I)ccc1NC(=O)C(C)NS(=O)(=O)c1cccs1. The lowest BCUT2D eigenvalue weighted by atomic mass is 10.2. The Bertz CT molecular complexity index is 773. The fraction of sp³-hybridized carbons (Fsp3) is 0.214. The summed E-state index contributed by atoms with van der Waals surface area (Å²) in [7, 11) is -3.66. The maximum Gasteiger partial charge on any atom is 0.250 e. The van der Waals surface area contributed by atoms with Crippen LogP contribution in [0.1, 0.15) is 12.5 Å². The number of halogens is 1. The summed E-state index contributed by atoms with van der Waals surface area (Å²) in [6, 6.07) is 7.90. The summed E-state index contributed by atoms with van der Waals surface area (Å²) >= 11 is 3.30. The summed E-state index contributed by atoms with van der Waals surface area (Å²) in [6.45, 7) is 3.40. The number of aryl methyl sites for hydroxylation is 1. The molecular formula is C14H15IN2O3S2. The molecule has 1 unspecified atom stereocenters. The minimum absolute atomic E-state index is 0.192. The number of sulfonamides is 1. The maximum absolute atomic E-state index is 12.2. The molecule has 2 rings (SSSR count). The number of nitrogens with one attached hydrogen (secondary N) is 2. The topological polar surface area (TPSA) is 75.3 Å². The Hall–Kier alpha value is -0.970. The van der Waals surface area contributed by atoms with Crippen molar-refractivity contribution in [2.45, 2.75) is 24.1 Å². The van der Waals surface area contributed by atoms with Crippen LogP contribution in [0.5, 0.6) is 0 Å². The first-order valence-electron chi connectivity index (χ1n) is 6.42. The summed E-state index contributed by atoms with van der Waals surface area (Å²) in [4.78, 5) is 12.2. The third kappa shape index (κ3) is 4.28. The van der Waals surface area contributed by atoms with Crippen molar-refractivity contribution in [3.63, 3.8) is 0 Å². The number of carbonyl (C=O) groups is 1. The predicted molar refractivity (Wildman–Crippen MR) is 96.6 cm³/mol. The van der Waals surface area contributed by atoms with Gasteiger partial charge in [0.05, 0.1) is 6.04 Å². The second kappa shape index (κ2) is 7.07. The zero-order valence-corrected chi connectivity index (χ0v) is 15.8. The van der Waals surface area contributed by atoms with Gasteiger partial charge in [-0.1, -0.05) is 6.07 Å². The average molecular weight is 450 g/mol. The average Bonchev–Trinajstić information content (AvgIpc) is 2.96. The molecule has 0 fully saturated rings. The molecule has 8 heteroatoms. The summed E-state index contributed by atoms with van der Waals surface area (Å²) in [5.41, 5.74) is 1.60. The van der Waals surface area contributed by atoms with Crippen molar-refractivity contribution in [3.8, 4) is 0 Å². The van der Waals surface area contributed by atoms with Crippen LogP contribution >= 0.6 is 33.9 Å². The fourth-order valence-electron chi connectivity index (χ4n) is 1.77. The largest absolute Gasteiger partial charge is 0.324 e. The van der Waals surface area contributed by atoms with Gasteiger partial charge in [0.15, 0.2) is 0 Å². The van der Waals surface area contributed by atoms with Gasteiger partial charge in [0.25, 0.3) is 10.0 Å². The van der Waals surface area contributed by atoms with Gasteiger partial charge < -0.3 is 5.32 Å². The molecule has 0 aliphatic carbocycles. The third-order valence-electron chi connectivity index (χ3n) is 2.93. The van der Waals surface area contributed by atoms with Crippen molar-refractivity contribution in [1.82, 2.24) is 4.72 Å². The minimum atomic E-state index is -3.66. The highest BCUT2D eigenvalue weighted by molar-refractivity contribution is 14.1. The van der Waals surface area contributed by atoms with E-state index in [0.29, 0.717) is 5.69 Å². The van der Waals surface area contributed by atoms with Gasteiger partial charge in [-0.3, -0.25) is 4.79 Å². The van der Waals surface area contributed by atoms with Crippen LogP contribution in [0.25, 0.3) is 0 Å². The number of thiophene rings is 1. The minimum Gasteiger partial charge on any atom is -0.324 e. The molecular weight excluding hydrogens is 435 g/mol. The first kappa shape index (κ1) is 17.4. The van der Waals surface area contributed by atoms with Crippen LogP contribution in [0, 0.1) is 10.5 Å². The molecule has 0 saturated heterocycles. The smallest absolute Gasteiger partial charge is 0.250 e. The summed E-state index contributed by atoms with van der Waals surface area (Å²) < 4.78 is 27.8. The van der Waals surface area contributed by atoms with E-state index in [1.54, 1.807) is 17.5 Å². The van der Waals surface area contributed by atoms with Crippen LogP contribution in [0.15, 0.2) is 39.9 Å². The van der Waals surface area contributed by atoms with Crippen molar-refractivity contribution < 1.29 is 13.2 Å². The second-order valence-corrected chi connectivity index (χ2v) is 8.86. The highest BCUT2D eigenvalue weighted by Crippen LogP contribution is 2.19. The number of benzene rings is 1. The number of hydrogen-bond donors (Lipinski definition) is 2. The van der Waals surface area contributed by atoms with Crippen molar-refractivity contribution >= 4 is 55.5 Å². The zero-order valence-electron chi connectivity index (χ0n) is 12.0. The van der Waals surface area contributed by atoms with Crippen molar-refractivity contribution in [2.24, 2.45) is 0 Å². The lowest BCUT2D eigenvalue weighted by molar-refractivity contribution is -0.117. The molecule has 0 bridgehead atoms. The fourth-order valence-corrected chi connectivity index (χ4v) is 4.63. The Balaban J connectivity index is 2.07. The Kier molecular flexibility index (Phi) is 5.59. The van der Waals surface area contributed by atoms with Gasteiger partial charge in [-0.25, -0.2) is 8.42 Å². The van der Waals surface area contributed by atoms with E-state index in [9.17, 15) is 13.2 Å². The molecule has 0 aliphatic rings. The van der Waals surface area contributed by atoms with E-state index in [2.05, 4.69) is 32.6 Å². The molecule has 2 N–H and O–H groups in total. The van der Waals surface area contributed by atoms with Crippen LogP contribution < -0.4 is 10.0 Å². The Morgan fingerprint density at radius 1 is 1.32 bits per heavy atom. The van der Waals surface area contributed by atoms with Crippen molar-refractivity contribution in [2.75, 3.05) is 5.32 Å². The molecule has 5 nitrogen and oxygen atoms in total. The van der Waals surface area contributed by atoms with Crippen LogP contribution in [-0.4, -0.2) is 20.4 Å². The molecule has 1 aromatic heterocycles. The van der Waals surface area contributed by atoms with Gasteiger partial charge in [-0.15, -0.1) is 11.3 Å². The lowest BCUT2D eigenvalue weighted by Gasteiger charge is -2.15. The molecule has 1 aromatic carbocycles. The molecule has 0 radical (unpaired) electrons. The standard InChI is InChI=1S/C14H15IN2O3S2/c1-9-8-11(15)5-6-12(9)16-14(18)10(2)17-22(19,20)13-4-3-7-21-13/h3-8,10,17H,1-2H3,(H,16,18). The number of amides is 1. The monoisotopic (exact) mass is 450 g/mol. The quantitative estimate of drug-likeness (QED) is 0.688. The van der Waals surface area contributed by atoms with Gasteiger partial charge in [-0.2, -0.15) is 4.72 Å². The van der Waals surface area contributed by atoms with E-state index in [-0.39, 0.29) is 4.21 Å². The third-order valence-corrected chi connectivity index (χ3v) is 6.54. The highest BCUT2D eigenvalue weighted by Gasteiger charge is 2.23. The van der Waals surface area contributed by atoms with E-state index < -0.39 is 22.0 Å². The molecule has 2 aromatic rings. The molecule has 1 amide bonds. The Labute approximate surface area is 147 Å². The Morgan fingerprint density at radius 3 is 2.64 bits per heavy atom. The maximum atomic E-state index is 12.2. The zero-order chi connectivity index (χ0) is 16.3. The predicted octanol–water partition coefficient (Wildman–Crippen LogP) is 2.97. The molecule has 0 aliphatic heterocycles. The number of rotatable bonds is 5. The molecule has 118 valence electrons. The van der Waals surface area contributed by atoms with Gasteiger partial charge in [-0.05, 0) is 71.6 Å². The summed E-state index contributed by atoms with van der Waals surface area (Å²) in [6.07, 6.45) is 0. The molecule has 1 heterocycles. The van der Waals surface area contributed by atoms with Crippen molar-refractivity contribution in [3.05, 3.63) is 44.8 Å². The van der Waals surface area contributed by atoms with Gasteiger partial charge in [0, 0.05) is 9.26 Å². The number of carbonyl (C=O) groups excluding carboxylic acids is 1. The van der Waals surface area contributed by atoms with E-state index in [1.807, 2.05) is 19.1 Å². The van der Waals surface area contributed by atoms with E-state index >= 15 is 0 Å². The van der Waals surface area contributed by atoms with Crippen LogP contribution in [0.2, 0.25) is 0 Å². The van der Waals surface area contributed by atoms with E-state index in [1.165, 1.54) is 13.0 Å². The van der Waals surface area contributed by atoms with Gasteiger partial charge >= 0.3 is 0 Å². The van der Waals surface area contributed by atoms with Crippen LogP contribution in [0.4, 0.5) is 5.69 Å². The summed E-state index contributed by atoms with van der Waals surface area (Å²) in [5.74, 6) is -0.399. The first-order valence-corrected chi connectivity index (χ1v) is 9.86. The first-order chi connectivity index (χ1) is 10.3. The van der Waals surface area contributed by atoms with E-state index in [0.717, 1.165) is 20.5 Å². The van der Waals surface area contributed by atoms with Crippen LogP contribution in [0.3, 0.4) is 0 Å². The molecule has 0 saturated carbocycles. The van der Waals surface area contributed by atoms with Crippen LogP contribution in [-0.2, 0) is 14.8 Å². The summed E-state index contributed by atoms with van der Waals surface area (Å²) in [5, 5.41) is 4.41. The van der Waals surface area contributed by atoms with Gasteiger partial charge in [0.2, 0.25) is 5.91 Å². The number of hydrogen-bond acceptors (Lipinski definition) is 4. The van der Waals surface area contributed by atoms with Crippen molar-refractivity contribution in [1.29, 1.82) is 0 Å². The second-order valence-electron chi connectivity index (χ2n) is 4.72. The normalized spacial score (nSPS) is 12.9.